The van der Waals surface area contributed by atoms with Crippen LogP contribution in [0.2, 0.25) is 0 Å². The Morgan fingerprint density at radius 3 is 2.38 bits per heavy atom. The van der Waals surface area contributed by atoms with Gasteiger partial charge in [-0.05, 0) is 71.4 Å². The summed E-state index contributed by atoms with van der Waals surface area (Å²) in [7, 11) is -2.62. The van der Waals surface area contributed by atoms with Crippen LogP contribution in [0.3, 0.4) is 0 Å². The fourth-order valence-electron chi connectivity index (χ4n) is 4.24. The van der Waals surface area contributed by atoms with E-state index in [0.717, 1.165) is 44.1 Å². The van der Waals surface area contributed by atoms with Gasteiger partial charge in [0, 0.05) is 6.42 Å². The van der Waals surface area contributed by atoms with Crippen molar-refractivity contribution in [1.82, 2.24) is 0 Å². The number of methoxy groups -OCH3 is 1. The molecule has 0 radical (unpaired) electrons. The van der Waals surface area contributed by atoms with Gasteiger partial charge in [0.25, 0.3) is 10.1 Å². The normalized spacial score (nSPS) is 20.3. The van der Waals surface area contributed by atoms with Gasteiger partial charge in [-0.2, -0.15) is 8.42 Å². The molecule has 0 spiro atoms. The highest BCUT2D eigenvalue weighted by Crippen LogP contribution is 2.34. The predicted molar refractivity (Wildman–Crippen MR) is 154 cm³/mol. The fraction of sp³-hybridized carbons (Fsp3) is 0.581. The van der Waals surface area contributed by atoms with Gasteiger partial charge in [0.1, 0.15) is 18.3 Å². The van der Waals surface area contributed by atoms with Gasteiger partial charge in [-0.3, -0.25) is 8.98 Å². The lowest BCUT2D eigenvalue weighted by molar-refractivity contribution is -0.151. The number of allylic oxidation sites excluding steroid dienone is 4. The molecular formula is C31H46O7S. The molecule has 0 bridgehead atoms. The van der Waals surface area contributed by atoms with Crippen LogP contribution in [-0.4, -0.2) is 45.6 Å². The molecule has 1 aromatic rings. The summed E-state index contributed by atoms with van der Waals surface area (Å²) in [5, 5.41) is 0. The van der Waals surface area contributed by atoms with Crippen molar-refractivity contribution < 1.29 is 31.6 Å². The molecule has 1 heterocycles. The highest BCUT2D eigenvalue weighted by atomic mass is 32.2. The van der Waals surface area contributed by atoms with Crippen LogP contribution in [0.25, 0.3) is 0 Å². The van der Waals surface area contributed by atoms with Crippen molar-refractivity contribution in [3.63, 3.8) is 0 Å². The fourth-order valence-corrected chi connectivity index (χ4v) is 5.33. The van der Waals surface area contributed by atoms with Crippen LogP contribution >= 0.6 is 0 Å². The molecule has 218 valence electrons. The summed E-state index contributed by atoms with van der Waals surface area (Å²) in [4.78, 5) is 11.3. The van der Waals surface area contributed by atoms with Crippen LogP contribution in [0, 0.1) is 6.92 Å². The zero-order valence-electron chi connectivity index (χ0n) is 24.1. The van der Waals surface area contributed by atoms with E-state index in [-0.39, 0.29) is 10.9 Å². The van der Waals surface area contributed by atoms with Crippen molar-refractivity contribution in [1.29, 1.82) is 0 Å². The summed E-state index contributed by atoms with van der Waals surface area (Å²) < 4.78 is 49.2. The lowest BCUT2D eigenvalue weighted by atomic mass is 10.0. The van der Waals surface area contributed by atoms with E-state index in [1.807, 2.05) is 51.2 Å². The van der Waals surface area contributed by atoms with Crippen molar-refractivity contribution in [2.24, 2.45) is 0 Å². The summed E-state index contributed by atoms with van der Waals surface area (Å²) in [6.45, 7) is 7.71. The maximum Gasteiger partial charge on any atom is 0.305 e. The first kappa shape index (κ1) is 32.9. The van der Waals surface area contributed by atoms with Crippen LogP contribution < -0.4 is 0 Å². The third-order valence-electron chi connectivity index (χ3n) is 6.34. The van der Waals surface area contributed by atoms with E-state index in [4.69, 9.17) is 13.7 Å². The molecule has 2 rings (SSSR count). The smallest absolute Gasteiger partial charge is 0.305 e. The van der Waals surface area contributed by atoms with Crippen LogP contribution in [0.5, 0.6) is 0 Å². The molecular weight excluding hydrogens is 516 g/mol. The largest absolute Gasteiger partial charge is 0.469 e. The van der Waals surface area contributed by atoms with Crippen LogP contribution in [-0.2, 0) is 33.3 Å². The van der Waals surface area contributed by atoms with E-state index in [1.54, 1.807) is 24.3 Å². The maximum absolute atomic E-state index is 13.2. The third kappa shape index (κ3) is 12.2. The number of hydrogen-bond donors (Lipinski definition) is 0. The molecule has 3 atom stereocenters. The number of benzene rings is 1. The second kappa shape index (κ2) is 16.8. The molecule has 1 aliphatic rings. The maximum atomic E-state index is 13.2. The number of carbonyl (C=O) groups is 1. The van der Waals surface area contributed by atoms with Crippen LogP contribution in [0.1, 0.15) is 84.1 Å². The van der Waals surface area contributed by atoms with E-state index in [1.165, 1.54) is 7.11 Å². The topological polar surface area (TPSA) is 88.1 Å². The highest BCUT2D eigenvalue weighted by molar-refractivity contribution is 7.86. The number of aryl methyl sites for hydroxylation is 1. The van der Waals surface area contributed by atoms with Crippen molar-refractivity contribution in [3.05, 3.63) is 66.3 Å². The number of ether oxygens (including phenoxy) is 3. The van der Waals surface area contributed by atoms with Gasteiger partial charge < -0.3 is 14.2 Å². The van der Waals surface area contributed by atoms with Gasteiger partial charge in [0.15, 0.2) is 5.79 Å². The first-order valence-electron chi connectivity index (χ1n) is 14.0. The van der Waals surface area contributed by atoms with Gasteiger partial charge >= 0.3 is 5.97 Å². The van der Waals surface area contributed by atoms with Crippen molar-refractivity contribution in [3.8, 4) is 0 Å². The Morgan fingerprint density at radius 2 is 1.69 bits per heavy atom. The van der Waals surface area contributed by atoms with Gasteiger partial charge in [0.2, 0.25) is 0 Å². The van der Waals surface area contributed by atoms with E-state index < -0.39 is 34.2 Å². The SMILES string of the molecule is CCCCC/C=C\C[C@@H](OS(=O)(=O)c1ccc(C)cc1)[C@H]1OC(C)(C)O[C@H]1/C=C\C/C=C\CCCC(=O)OC. The number of hydrogen-bond acceptors (Lipinski definition) is 7. The molecule has 1 aliphatic heterocycles. The number of unbranched alkanes of at least 4 members (excludes halogenated alkanes) is 4. The summed E-state index contributed by atoms with van der Waals surface area (Å²) in [5.74, 6) is -1.09. The molecule has 8 heteroatoms. The molecule has 0 N–H and O–H groups in total. The summed E-state index contributed by atoms with van der Waals surface area (Å²) in [6, 6.07) is 6.64. The van der Waals surface area contributed by atoms with Crippen molar-refractivity contribution in [2.75, 3.05) is 7.11 Å². The molecule has 1 saturated heterocycles. The molecule has 0 aromatic heterocycles. The number of carbonyl (C=O) groups excluding carboxylic acids is 1. The Hall–Kier alpha value is -2.26. The number of esters is 1. The predicted octanol–water partition coefficient (Wildman–Crippen LogP) is 6.96. The van der Waals surface area contributed by atoms with E-state index in [9.17, 15) is 13.2 Å². The van der Waals surface area contributed by atoms with Crippen LogP contribution in [0.4, 0.5) is 0 Å². The van der Waals surface area contributed by atoms with Gasteiger partial charge in [-0.25, -0.2) is 0 Å². The minimum absolute atomic E-state index is 0.118. The lowest BCUT2D eigenvalue weighted by Crippen LogP contribution is -2.38. The Balaban J connectivity index is 2.13. The van der Waals surface area contributed by atoms with Crippen LogP contribution in [0.15, 0.2) is 65.6 Å². The Labute approximate surface area is 235 Å². The average Bonchev–Trinajstić information content (AvgIpc) is 3.21. The first-order chi connectivity index (χ1) is 18.6. The lowest BCUT2D eigenvalue weighted by Gasteiger charge is -2.25. The van der Waals surface area contributed by atoms with Gasteiger partial charge in [-0.1, -0.05) is 73.9 Å². The minimum Gasteiger partial charge on any atom is -0.469 e. The van der Waals surface area contributed by atoms with Gasteiger partial charge in [-0.15, -0.1) is 0 Å². The highest BCUT2D eigenvalue weighted by Gasteiger charge is 2.45. The molecule has 0 amide bonds. The second-order valence-corrected chi connectivity index (χ2v) is 11.8. The minimum atomic E-state index is -4.01. The molecule has 1 fully saturated rings. The Morgan fingerprint density at radius 1 is 1.00 bits per heavy atom. The van der Waals surface area contributed by atoms with E-state index >= 15 is 0 Å². The number of rotatable bonds is 17. The molecule has 1 aromatic carbocycles. The molecule has 39 heavy (non-hydrogen) atoms. The second-order valence-electron chi connectivity index (χ2n) is 10.3. The zero-order valence-corrected chi connectivity index (χ0v) is 25.0. The van der Waals surface area contributed by atoms with Crippen molar-refractivity contribution >= 4 is 16.1 Å². The Bertz CT molecular complexity index is 1050. The summed E-state index contributed by atoms with van der Waals surface area (Å²) in [6.07, 6.45) is 17.5. The van der Waals surface area contributed by atoms with E-state index in [2.05, 4.69) is 17.7 Å². The standard InChI is InChI=1S/C31H46O7S/c1-6-7-8-9-12-16-19-28(38-39(33,34)26-23-21-25(2)22-24-26)30-27(36-31(3,4)37-30)18-15-13-10-11-14-17-20-29(32)35-5/h10-12,15-16,18,21-24,27-28,30H,6-9,13-14,17,19-20H2,1-5H3/b11-10-,16-12-,18-15-/t27-,28+,30-/m0/s1. The molecule has 0 saturated carbocycles. The van der Waals surface area contributed by atoms with E-state index in [0.29, 0.717) is 19.3 Å². The third-order valence-corrected chi connectivity index (χ3v) is 7.69. The van der Waals surface area contributed by atoms with Crippen molar-refractivity contribution in [2.45, 2.75) is 114 Å². The summed E-state index contributed by atoms with van der Waals surface area (Å²) >= 11 is 0. The molecule has 7 nitrogen and oxygen atoms in total. The Kier molecular flexibility index (Phi) is 14.2. The summed E-state index contributed by atoms with van der Waals surface area (Å²) in [5.41, 5.74) is 0.970. The quantitative estimate of drug-likeness (QED) is 0.0877. The van der Waals surface area contributed by atoms with Gasteiger partial charge in [0.05, 0.1) is 12.0 Å². The average molecular weight is 563 g/mol. The molecule has 0 aliphatic carbocycles. The monoisotopic (exact) mass is 562 g/mol. The first-order valence-corrected chi connectivity index (χ1v) is 15.4. The zero-order chi connectivity index (χ0) is 28.7. The molecule has 0 unspecified atom stereocenters.